The Kier molecular flexibility index (Phi) is 3.88. The lowest BCUT2D eigenvalue weighted by Crippen LogP contribution is -2.05. The minimum atomic E-state index is 0.813. The maximum absolute atomic E-state index is 4.79. The Morgan fingerprint density at radius 3 is 2.67 bits per heavy atom. The number of fused-ring (bicyclic) bond motifs is 1. The summed E-state index contributed by atoms with van der Waals surface area (Å²) in [6.07, 6.45) is 1.07. The largest absolute Gasteiger partial charge is 0.369 e. The summed E-state index contributed by atoms with van der Waals surface area (Å²) in [6, 6.07) is 10.5. The number of para-hydroxylation sites is 1. The number of anilines is 1. The number of nitrogens with one attached hydrogen (secondary N) is 1. The van der Waals surface area contributed by atoms with Crippen molar-refractivity contribution in [3.63, 3.8) is 0 Å². The highest BCUT2D eigenvalue weighted by Gasteiger charge is 2.11. The van der Waals surface area contributed by atoms with E-state index < -0.39 is 0 Å². The van der Waals surface area contributed by atoms with E-state index >= 15 is 0 Å². The molecule has 3 rings (SSSR count). The summed E-state index contributed by atoms with van der Waals surface area (Å²) in [6.45, 7) is 7.28. The van der Waals surface area contributed by atoms with E-state index in [0.717, 1.165) is 40.4 Å². The lowest BCUT2D eigenvalue weighted by Gasteiger charge is -2.11. The number of rotatable bonds is 4. The summed E-state index contributed by atoms with van der Waals surface area (Å²) in [5.74, 6) is 1.75. The number of aryl methyl sites for hydroxylation is 2. The van der Waals surface area contributed by atoms with Crippen molar-refractivity contribution in [3.05, 3.63) is 40.8 Å². The van der Waals surface area contributed by atoms with E-state index in [4.69, 9.17) is 9.97 Å². The van der Waals surface area contributed by atoms with Crippen molar-refractivity contribution in [2.75, 3.05) is 11.9 Å². The molecule has 4 heteroatoms. The molecule has 21 heavy (non-hydrogen) atoms. The molecule has 0 aliphatic carbocycles. The van der Waals surface area contributed by atoms with Crippen molar-refractivity contribution >= 4 is 28.1 Å². The van der Waals surface area contributed by atoms with E-state index in [1.165, 1.54) is 10.4 Å². The molecule has 0 aliphatic heterocycles. The summed E-state index contributed by atoms with van der Waals surface area (Å²) < 4.78 is 0. The van der Waals surface area contributed by atoms with Gasteiger partial charge in [0, 0.05) is 16.8 Å². The van der Waals surface area contributed by atoms with Gasteiger partial charge in [0.05, 0.1) is 10.4 Å². The van der Waals surface area contributed by atoms with Crippen LogP contribution in [0, 0.1) is 13.8 Å². The minimum absolute atomic E-state index is 0.813. The molecule has 2 aromatic heterocycles. The number of hydrogen-bond acceptors (Lipinski definition) is 4. The Labute approximate surface area is 129 Å². The summed E-state index contributed by atoms with van der Waals surface area (Å²) in [5.41, 5.74) is 2.22. The molecule has 0 bridgehead atoms. The van der Waals surface area contributed by atoms with Crippen molar-refractivity contribution in [1.82, 2.24) is 9.97 Å². The van der Waals surface area contributed by atoms with E-state index in [1.807, 2.05) is 0 Å². The van der Waals surface area contributed by atoms with E-state index in [0.29, 0.717) is 0 Å². The van der Waals surface area contributed by atoms with Crippen LogP contribution in [-0.2, 0) is 0 Å². The second-order valence-corrected chi connectivity index (χ2v) is 6.49. The molecule has 2 heterocycles. The Morgan fingerprint density at radius 2 is 1.95 bits per heavy atom. The molecule has 3 nitrogen and oxygen atoms in total. The predicted octanol–water partition coefficient (Wildman–Crippen LogP) is 4.80. The molecule has 0 radical (unpaired) electrons. The molecular formula is C17H19N3S. The molecule has 0 atom stereocenters. The number of benzene rings is 1. The van der Waals surface area contributed by atoms with Gasteiger partial charge in [0.2, 0.25) is 0 Å². The van der Waals surface area contributed by atoms with E-state index in [9.17, 15) is 0 Å². The molecular weight excluding hydrogens is 278 g/mol. The van der Waals surface area contributed by atoms with Crippen LogP contribution in [0.4, 0.5) is 5.82 Å². The SMILES string of the molecule is CCCNc1nc(-c2ccc(C)s2)nc2c(C)cccc12. The van der Waals surface area contributed by atoms with E-state index in [-0.39, 0.29) is 0 Å². The third-order valence-corrected chi connectivity index (χ3v) is 4.43. The fraction of sp³-hybridized carbons (Fsp3) is 0.294. The van der Waals surface area contributed by atoms with E-state index in [2.05, 4.69) is 56.4 Å². The average molecular weight is 297 g/mol. The highest BCUT2D eigenvalue weighted by molar-refractivity contribution is 7.15. The molecule has 0 amide bonds. The first kappa shape index (κ1) is 14.0. The van der Waals surface area contributed by atoms with Gasteiger partial charge in [-0.25, -0.2) is 9.97 Å². The lowest BCUT2D eigenvalue weighted by molar-refractivity contribution is 0.970. The van der Waals surface area contributed by atoms with Crippen molar-refractivity contribution in [2.45, 2.75) is 27.2 Å². The second kappa shape index (κ2) is 5.82. The van der Waals surface area contributed by atoms with Gasteiger partial charge in [-0.3, -0.25) is 0 Å². The van der Waals surface area contributed by atoms with Crippen LogP contribution >= 0.6 is 11.3 Å². The Balaban J connectivity index is 2.20. The van der Waals surface area contributed by atoms with Gasteiger partial charge >= 0.3 is 0 Å². The second-order valence-electron chi connectivity index (χ2n) is 5.20. The molecule has 108 valence electrons. The summed E-state index contributed by atoms with van der Waals surface area (Å²) in [7, 11) is 0. The topological polar surface area (TPSA) is 37.8 Å². The average Bonchev–Trinajstić information content (AvgIpc) is 2.92. The fourth-order valence-electron chi connectivity index (χ4n) is 2.34. The van der Waals surface area contributed by atoms with Crippen LogP contribution in [0.15, 0.2) is 30.3 Å². The first-order valence-corrected chi connectivity index (χ1v) is 8.08. The fourth-order valence-corrected chi connectivity index (χ4v) is 3.14. The van der Waals surface area contributed by atoms with Crippen LogP contribution in [0.2, 0.25) is 0 Å². The van der Waals surface area contributed by atoms with Crippen LogP contribution in [0.5, 0.6) is 0 Å². The maximum Gasteiger partial charge on any atom is 0.172 e. The first-order valence-electron chi connectivity index (χ1n) is 7.27. The standard InChI is InChI=1S/C17H19N3S/c1-4-10-18-16-13-7-5-6-11(2)15(13)19-17(20-16)14-9-8-12(3)21-14/h5-9H,4,10H2,1-3H3,(H,18,19,20). The normalized spacial score (nSPS) is 11.0. The van der Waals surface area contributed by atoms with Gasteiger partial charge in [-0.15, -0.1) is 11.3 Å². The molecule has 0 unspecified atom stereocenters. The smallest absolute Gasteiger partial charge is 0.172 e. The summed E-state index contributed by atoms with van der Waals surface area (Å²) in [5, 5.41) is 4.53. The Hall–Kier alpha value is -1.94. The minimum Gasteiger partial charge on any atom is -0.369 e. The summed E-state index contributed by atoms with van der Waals surface area (Å²) in [4.78, 5) is 11.9. The van der Waals surface area contributed by atoms with Crippen LogP contribution in [0.25, 0.3) is 21.6 Å². The van der Waals surface area contributed by atoms with Gasteiger partial charge < -0.3 is 5.32 Å². The molecule has 0 saturated heterocycles. The zero-order valence-electron chi connectivity index (χ0n) is 12.6. The zero-order valence-corrected chi connectivity index (χ0v) is 13.4. The van der Waals surface area contributed by atoms with Gasteiger partial charge in [0.1, 0.15) is 5.82 Å². The third kappa shape index (κ3) is 2.76. The number of aromatic nitrogens is 2. The van der Waals surface area contributed by atoms with Gasteiger partial charge in [0.15, 0.2) is 5.82 Å². The quantitative estimate of drug-likeness (QED) is 0.752. The predicted molar refractivity (Wildman–Crippen MR) is 91.1 cm³/mol. The highest BCUT2D eigenvalue weighted by Crippen LogP contribution is 2.30. The van der Waals surface area contributed by atoms with Crippen LogP contribution in [0.3, 0.4) is 0 Å². The Bertz CT molecular complexity index is 777. The van der Waals surface area contributed by atoms with Crippen molar-refractivity contribution in [3.8, 4) is 10.7 Å². The molecule has 0 saturated carbocycles. The summed E-state index contributed by atoms with van der Waals surface area (Å²) >= 11 is 1.74. The van der Waals surface area contributed by atoms with Gasteiger partial charge in [-0.1, -0.05) is 19.1 Å². The molecule has 1 N–H and O–H groups in total. The molecule has 1 aromatic carbocycles. The Morgan fingerprint density at radius 1 is 1.10 bits per heavy atom. The van der Waals surface area contributed by atoms with Crippen LogP contribution < -0.4 is 5.32 Å². The number of nitrogens with zero attached hydrogens (tertiary/aromatic N) is 2. The van der Waals surface area contributed by atoms with Crippen molar-refractivity contribution in [1.29, 1.82) is 0 Å². The van der Waals surface area contributed by atoms with Gasteiger partial charge in [-0.05, 0) is 44.0 Å². The van der Waals surface area contributed by atoms with E-state index in [1.54, 1.807) is 11.3 Å². The third-order valence-electron chi connectivity index (χ3n) is 3.43. The zero-order chi connectivity index (χ0) is 14.8. The monoisotopic (exact) mass is 297 g/mol. The lowest BCUT2D eigenvalue weighted by atomic mass is 10.1. The maximum atomic E-state index is 4.79. The molecule has 0 fully saturated rings. The van der Waals surface area contributed by atoms with Gasteiger partial charge in [-0.2, -0.15) is 0 Å². The molecule has 0 aliphatic rings. The molecule has 0 spiro atoms. The van der Waals surface area contributed by atoms with Crippen LogP contribution in [0.1, 0.15) is 23.8 Å². The van der Waals surface area contributed by atoms with Crippen molar-refractivity contribution < 1.29 is 0 Å². The number of thiophene rings is 1. The van der Waals surface area contributed by atoms with Crippen LogP contribution in [-0.4, -0.2) is 16.5 Å². The highest BCUT2D eigenvalue weighted by atomic mass is 32.1. The number of hydrogen-bond donors (Lipinski definition) is 1. The molecule has 3 aromatic rings. The first-order chi connectivity index (χ1) is 10.2. The van der Waals surface area contributed by atoms with Gasteiger partial charge in [0.25, 0.3) is 0 Å². The van der Waals surface area contributed by atoms with Crippen molar-refractivity contribution in [2.24, 2.45) is 0 Å².